The molecule has 1 saturated heterocycles. The predicted octanol–water partition coefficient (Wildman–Crippen LogP) is 3.93. The number of rotatable bonds is 3. The van der Waals surface area contributed by atoms with Crippen molar-refractivity contribution in [1.82, 2.24) is 4.90 Å². The van der Waals surface area contributed by atoms with Crippen LogP contribution in [0.25, 0.3) is 0 Å². The minimum absolute atomic E-state index is 0.00198. The summed E-state index contributed by atoms with van der Waals surface area (Å²) in [5, 5.41) is 2.98. The minimum Gasteiger partial charge on any atom is -0.339 e. The molecule has 1 aliphatic rings. The molecule has 4 nitrogen and oxygen atoms in total. The van der Waals surface area contributed by atoms with Gasteiger partial charge in [-0.05, 0) is 74.2 Å². The fourth-order valence-electron chi connectivity index (χ4n) is 3.18. The van der Waals surface area contributed by atoms with E-state index in [9.17, 15) is 14.0 Å². The van der Waals surface area contributed by atoms with Gasteiger partial charge in [-0.1, -0.05) is 6.07 Å². The van der Waals surface area contributed by atoms with Crippen LogP contribution in [0.5, 0.6) is 0 Å². The van der Waals surface area contributed by atoms with Crippen LogP contribution in [0, 0.1) is 25.6 Å². The lowest BCUT2D eigenvalue weighted by molar-refractivity contribution is -0.121. The summed E-state index contributed by atoms with van der Waals surface area (Å²) in [6, 6.07) is 11.4. The zero-order valence-corrected chi connectivity index (χ0v) is 15.1. The summed E-state index contributed by atoms with van der Waals surface area (Å²) < 4.78 is 13.0. The maximum absolute atomic E-state index is 13.0. The zero-order valence-electron chi connectivity index (χ0n) is 15.1. The molecule has 5 heteroatoms. The van der Waals surface area contributed by atoms with Gasteiger partial charge in [-0.15, -0.1) is 0 Å². The van der Waals surface area contributed by atoms with E-state index in [0.717, 1.165) is 11.3 Å². The Balaban J connectivity index is 1.55. The number of aryl methyl sites for hydroxylation is 2. The highest BCUT2D eigenvalue weighted by atomic mass is 19.1. The predicted molar refractivity (Wildman–Crippen MR) is 99.6 cm³/mol. The van der Waals surface area contributed by atoms with E-state index in [0.29, 0.717) is 31.5 Å². The van der Waals surface area contributed by atoms with Crippen LogP contribution in [0.15, 0.2) is 42.5 Å². The Morgan fingerprint density at radius 1 is 1.00 bits per heavy atom. The van der Waals surface area contributed by atoms with Crippen molar-refractivity contribution in [3.8, 4) is 0 Å². The molecule has 0 aliphatic carbocycles. The Kier molecular flexibility index (Phi) is 5.35. The van der Waals surface area contributed by atoms with Crippen molar-refractivity contribution in [3.63, 3.8) is 0 Å². The van der Waals surface area contributed by atoms with E-state index in [-0.39, 0.29) is 23.5 Å². The van der Waals surface area contributed by atoms with Gasteiger partial charge in [0.15, 0.2) is 0 Å². The first-order chi connectivity index (χ1) is 12.4. The highest BCUT2D eigenvalue weighted by Gasteiger charge is 2.27. The lowest BCUT2D eigenvalue weighted by atomic mass is 9.95. The van der Waals surface area contributed by atoms with Crippen LogP contribution in [-0.2, 0) is 4.79 Å². The number of nitrogens with zero attached hydrogens (tertiary/aromatic N) is 1. The van der Waals surface area contributed by atoms with Gasteiger partial charge in [0.25, 0.3) is 5.91 Å². The second kappa shape index (κ2) is 7.68. The monoisotopic (exact) mass is 354 g/mol. The Hall–Kier alpha value is -2.69. The average molecular weight is 354 g/mol. The quantitative estimate of drug-likeness (QED) is 0.908. The number of amides is 2. The highest BCUT2D eigenvalue weighted by Crippen LogP contribution is 2.22. The molecular weight excluding hydrogens is 331 g/mol. The summed E-state index contributed by atoms with van der Waals surface area (Å²) in [6.07, 6.45) is 1.26. The molecule has 0 bridgehead atoms. The first kappa shape index (κ1) is 18.1. The fraction of sp³-hybridized carbons (Fsp3) is 0.333. The highest BCUT2D eigenvalue weighted by molar-refractivity contribution is 5.95. The van der Waals surface area contributed by atoms with Crippen molar-refractivity contribution in [2.75, 3.05) is 18.4 Å². The van der Waals surface area contributed by atoms with Crippen LogP contribution >= 0.6 is 0 Å². The van der Waals surface area contributed by atoms with Crippen molar-refractivity contribution >= 4 is 17.5 Å². The molecule has 0 aromatic heterocycles. The molecular formula is C21H23FN2O2. The first-order valence-corrected chi connectivity index (χ1v) is 8.87. The Morgan fingerprint density at radius 2 is 1.65 bits per heavy atom. The molecule has 136 valence electrons. The van der Waals surface area contributed by atoms with Gasteiger partial charge < -0.3 is 10.2 Å². The third-order valence-corrected chi connectivity index (χ3v) is 5.02. The molecule has 2 amide bonds. The second-order valence-corrected chi connectivity index (χ2v) is 6.86. The smallest absolute Gasteiger partial charge is 0.253 e. The van der Waals surface area contributed by atoms with Gasteiger partial charge in [0.2, 0.25) is 5.91 Å². The van der Waals surface area contributed by atoms with Gasteiger partial charge in [0.1, 0.15) is 5.82 Å². The largest absolute Gasteiger partial charge is 0.339 e. The lowest BCUT2D eigenvalue weighted by Crippen LogP contribution is -2.41. The Morgan fingerprint density at radius 3 is 2.27 bits per heavy atom. The molecule has 2 aromatic carbocycles. The molecule has 0 unspecified atom stereocenters. The van der Waals surface area contributed by atoms with Crippen molar-refractivity contribution < 1.29 is 14.0 Å². The molecule has 0 saturated carbocycles. The number of benzene rings is 2. The standard InChI is InChI=1S/C21H23FN2O2/c1-14-3-8-19(13-15(14)2)23-20(25)16-9-11-24(12-10-16)21(26)17-4-6-18(22)7-5-17/h3-8,13,16H,9-12H2,1-2H3,(H,23,25). The van der Waals surface area contributed by atoms with Crippen LogP contribution < -0.4 is 5.32 Å². The van der Waals surface area contributed by atoms with E-state index in [4.69, 9.17) is 0 Å². The molecule has 0 spiro atoms. The molecule has 2 aromatic rings. The topological polar surface area (TPSA) is 49.4 Å². The molecule has 1 aliphatic heterocycles. The van der Waals surface area contributed by atoms with E-state index in [1.54, 1.807) is 4.90 Å². The van der Waals surface area contributed by atoms with Crippen LogP contribution in [0.1, 0.15) is 34.3 Å². The number of hydrogen-bond acceptors (Lipinski definition) is 2. The lowest BCUT2D eigenvalue weighted by Gasteiger charge is -2.31. The van der Waals surface area contributed by atoms with E-state index < -0.39 is 0 Å². The van der Waals surface area contributed by atoms with Crippen molar-refractivity contribution in [1.29, 1.82) is 0 Å². The number of anilines is 1. The van der Waals surface area contributed by atoms with Crippen molar-refractivity contribution in [3.05, 3.63) is 65.0 Å². The van der Waals surface area contributed by atoms with Gasteiger partial charge in [0.05, 0.1) is 0 Å². The van der Waals surface area contributed by atoms with Gasteiger partial charge in [-0.25, -0.2) is 4.39 Å². The Bertz CT molecular complexity index is 809. The number of halogens is 1. The van der Waals surface area contributed by atoms with Crippen molar-refractivity contribution in [2.24, 2.45) is 5.92 Å². The molecule has 0 atom stereocenters. The number of likely N-dealkylation sites (tertiary alicyclic amines) is 1. The summed E-state index contributed by atoms with van der Waals surface area (Å²) in [5.74, 6) is -0.572. The number of carbonyl (C=O) groups is 2. The summed E-state index contributed by atoms with van der Waals surface area (Å²) in [5.41, 5.74) is 3.62. The van der Waals surface area contributed by atoms with E-state index in [1.807, 2.05) is 32.0 Å². The van der Waals surface area contributed by atoms with E-state index >= 15 is 0 Å². The molecule has 26 heavy (non-hydrogen) atoms. The second-order valence-electron chi connectivity index (χ2n) is 6.86. The molecule has 1 N–H and O–H groups in total. The third kappa shape index (κ3) is 4.10. The van der Waals surface area contributed by atoms with Gasteiger partial charge in [-0.2, -0.15) is 0 Å². The van der Waals surface area contributed by atoms with Crippen LogP contribution in [0.2, 0.25) is 0 Å². The number of nitrogens with one attached hydrogen (secondary N) is 1. The number of piperidine rings is 1. The van der Waals surface area contributed by atoms with Gasteiger partial charge in [0, 0.05) is 30.3 Å². The summed E-state index contributed by atoms with van der Waals surface area (Å²) in [7, 11) is 0. The minimum atomic E-state index is -0.358. The van der Waals surface area contributed by atoms with Gasteiger partial charge in [-0.3, -0.25) is 9.59 Å². The maximum atomic E-state index is 13.0. The summed E-state index contributed by atoms with van der Waals surface area (Å²) >= 11 is 0. The van der Waals surface area contributed by atoms with Gasteiger partial charge >= 0.3 is 0 Å². The molecule has 3 rings (SSSR count). The average Bonchev–Trinajstić information content (AvgIpc) is 2.65. The SMILES string of the molecule is Cc1ccc(NC(=O)C2CCN(C(=O)c3ccc(F)cc3)CC2)cc1C. The van der Waals surface area contributed by atoms with Crippen LogP contribution in [0.4, 0.5) is 10.1 Å². The normalized spacial score (nSPS) is 15.0. The molecule has 1 heterocycles. The maximum Gasteiger partial charge on any atom is 0.253 e. The van der Waals surface area contributed by atoms with Crippen molar-refractivity contribution in [2.45, 2.75) is 26.7 Å². The molecule has 1 fully saturated rings. The third-order valence-electron chi connectivity index (χ3n) is 5.02. The Labute approximate surface area is 153 Å². The molecule has 0 radical (unpaired) electrons. The number of carbonyl (C=O) groups excluding carboxylic acids is 2. The van der Waals surface area contributed by atoms with Crippen LogP contribution in [-0.4, -0.2) is 29.8 Å². The van der Waals surface area contributed by atoms with Crippen LogP contribution in [0.3, 0.4) is 0 Å². The zero-order chi connectivity index (χ0) is 18.7. The van der Waals surface area contributed by atoms with E-state index in [1.165, 1.54) is 29.8 Å². The number of hydrogen-bond donors (Lipinski definition) is 1. The summed E-state index contributed by atoms with van der Waals surface area (Å²) in [6.45, 7) is 5.11. The fourth-order valence-corrected chi connectivity index (χ4v) is 3.18. The van der Waals surface area contributed by atoms with E-state index in [2.05, 4.69) is 5.32 Å². The summed E-state index contributed by atoms with van der Waals surface area (Å²) in [4.78, 5) is 26.7. The first-order valence-electron chi connectivity index (χ1n) is 8.87.